The van der Waals surface area contributed by atoms with E-state index in [2.05, 4.69) is 21.4 Å². The van der Waals surface area contributed by atoms with Gasteiger partial charge in [0.25, 0.3) is 0 Å². The largest absolute Gasteiger partial charge is 0.379 e. The van der Waals surface area contributed by atoms with Crippen LogP contribution in [0.5, 0.6) is 0 Å². The lowest BCUT2D eigenvalue weighted by molar-refractivity contribution is 0.0698. The van der Waals surface area contributed by atoms with Crippen LogP contribution in [0.2, 0.25) is 0 Å². The zero-order valence-corrected chi connectivity index (χ0v) is 10.1. The van der Waals surface area contributed by atoms with Crippen LogP contribution in [0.4, 0.5) is 5.82 Å². The number of nitrogens with zero attached hydrogens (tertiary/aromatic N) is 3. The first-order valence-electron chi connectivity index (χ1n) is 5.75. The van der Waals surface area contributed by atoms with Gasteiger partial charge >= 0.3 is 0 Å². The SMILES string of the molecule is Cc1ncc(C)c(NC2COCCC2C#N)n1. The molecule has 2 atom stereocenters. The average Bonchev–Trinajstić information content (AvgIpc) is 2.34. The van der Waals surface area contributed by atoms with E-state index >= 15 is 0 Å². The van der Waals surface area contributed by atoms with E-state index in [-0.39, 0.29) is 12.0 Å². The summed E-state index contributed by atoms with van der Waals surface area (Å²) in [5.74, 6) is 1.51. The summed E-state index contributed by atoms with van der Waals surface area (Å²) in [7, 11) is 0. The Labute approximate surface area is 101 Å². The number of aryl methyl sites for hydroxylation is 2. The molecule has 0 radical (unpaired) electrons. The molecule has 5 heteroatoms. The topological polar surface area (TPSA) is 70.8 Å². The summed E-state index contributed by atoms with van der Waals surface area (Å²) < 4.78 is 5.40. The van der Waals surface area contributed by atoms with Gasteiger partial charge in [-0.15, -0.1) is 0 Å². The average molecular weight is 232 g/mol. The number of nitriles is 1. The second-order valence-corrected chi connectivity index (χ2v) is 4.30. The lowest BCUT2D eigenvalue weighted by Gasteiger charge is -2.28. The monoisotopic (exact) mass is 232 g/mol. The maximum absolute atomic E-state index is 9.09. The van der Waals surface area contributed by atoms with Crippen LogP contribution in [0.3, 0.4) is 0 Å². The molecule has 5 nitrogen and oxygen atoms in total. The molecular weight excluding hydrogens is 216 g/mol. The van der Waals surface area contributed by atoms with Crippen LogP contribution in [-0.4, -0.2) is 29.2 Å². The minimum absolute atomic E-state index is 0.0154. The fraction of sp³-hybridized carbons (Fsp3) is 0.583. The molecule has 1 N–H and O–H groups in total. The summed E-state index contributed by atoms with van der Waals surface area (Å²) in [6, 6.07) is 2.34. The van der Waals surface area contributed by atoms with Gasteiger partial charge < -0.3 is 10.1 Å². The highest BCUT2D eigenvalue weighted by Gasteiger charge is 2.26. The molecule has 17 heavy (non-hydrogen) atoms. The number of rotatable bonds is 2. The number of aromatic nitrogens is 2. The molecule has 2 heterocycles. The van der Waals surface area contributed by atoms with Crippen LogP contribution in [0.25, 0.3) is 0 Å². The summed E-state index contributed by atoms with van der Waals surface area (Å²) in [5, 5.41) is 12.4. The Balaban J connectivity index is 2.14. The van der Waals surface area contributed by atoms with E-state index in [1.54, 1.807) is 6.20 Å². The van der Waals surface area contributed by atoms with Crippen LogP contribution in [-0.2, 0) is 4.74 Å². The van der Waals surface area contributed by atoms with Gasteiger partial charge in [0.2, 0.25) is 0 Å². The first-order chi connectivity index (χ1) is 8.20. The maximum atomic E-state index is 9.09. The predicted octanol–water partition coefficient (Wildman–Crippen LogP) is 1.43. The van der Waals surface area contributed by atoms with Gasteiger partial charge in [-0.1, -0.05) is 0 Å². The number of hydrogen-bond acceptors (Lipinski definition) is 5. The molecule has 0 spiro atoms. The van der Waals surface area contributed by atoms with Gasteiger partial charge in [0.15, 0.2) is 0 Å². The molecule has 1 fully saturated rings. The summed E-state index contributed by atoms with van der Waals surface area (Å²) in [4.78, 5) is 8.47. The molecule has 0 aromatic carbocycles. The van der Waals surface area contributed by atoms with Gasteiger partial charge in [-0.05, 0) is 20.3 Å². The zero-order chi connectivity index (χ0) is 12.3. The van der Waals surface area contributed by atoms with Crippen LogP contribution < -0.4 is 5.32 Å². The van der Waals surface area contributed by atoms with Crippen molar-refractivity contribution in [3.63, 3.8) is 0 Å². The van der Waals surface area contributed by atoms with Gasteiger partial charge in [-0.25, -0.2) is 9.97 Å². The van der Waals surface area contributed by atoms with Crippen LogP contribution >= 0.6 is 0 Å². The number of ether oxygens (including phenoxy) is 1. The van der Waals surface area contributed by atoms with Gasteiger partial charge in [0.05, 0.1) is 24.6 Å². The smallest absolute Gasteiger partial charge is 0.132 e. The van der Waals surface area contributed by atoms with Crippen molar-refractivity contribution in [1.29, 1.82) is 5.26 Å². The van der Waals surface area contributed by atoms with E-state index in [0.29, 0.717) is 13.2 Å². The Kier molecular flexibility index (Phi) is 3.55. The Morgan fingerprint density at radius 1 is 1.53 bits per heavy atom. The van der Waals surface area contributed by atoms with E-state index in [4.69, 9.17) is 10.00 Å². The fourth-order valence-electron chi connectivity index (χ4n) is 1.89. The van der Waals surface area contributed by atoms with E-state index in [0.717, 1.165) is 23.6 Å². The van der Waals surface area contributed by atoms with E-state index in [9.17, 15) is 0 Å². The molecule has 0 saturated carbocycles. The minimum atomic E-state index is -0.0154. The molecule has 2 unspecified atom stereocenters. The third kappa shape index (κ3) is 2.71. The van der Waals surface area contributed by atoms with Crippen LogP contribution in [0, 0.1) is 31.1 Å². The molecule has 0 aliphatic carbocycles. The molecule has 90 valence electrons. The highest BCUT2D eigenvalue weighted by Crippen LogP contribution is 2.20. The summed E-state index contributed by atoms with van der Waals surface area (Å²) in [6.07, 6.45) is 2.56. The Morgan fingerprint density at radius 3 is 3.12 bits per heavy atom. The lowest BCUT2D eigenvalue weighted by atomic mass is 9.96. The van der Waals surface area contributed by atoms with E-state index < -0.39 is 0 Å². The van der Waals surface area contributed by atoms with Crippen LogP contribution in [0.15, 0.2) is 6.20 Å². The van der Waals surface area contributed by atoms with Crippen molar-refractivity contribution in [1.82, 2.24) is 9.97 Å². The summed E-state index contributed by atoms with van der Waals surface area (Å²) >= 11 is 0. The number of hydrogen-bond donors (Lipinski definition) is 1. The molecule has 0 amide bonds. The first kappa shape index (κ1) is 11.8. The van der Waals surface area contributed by atoms with E-state index in [1.165, 1.54) is 0 Å². The molecular formula is C12H16N4O. The quantitative estimate of drug-likeness (QED) is 0.835. The van der Waals surface area contributed by atoms with Gasteiger partial charge in [-0.3, -0.25) is 0 Å². The molecule has 0 bridgehead atoms. The molecule has 1 aliphatic heterocycles. The molecule has 1 aromatic heterocycles. The predicted molar refractivity (Wildman–Crippen MR) is 63.5 cm³/mol. The van der Waals surface area contributed by atoms with Crippen LogP contribution in [0.1, 0.15) is 17.8 Å². The minimum Gasteiger partial charge on any atom is -0.379 e. The first-order valence-corrected chi connectivity index (χ1v) is 5.75. The third-order valence-electron chi connectivity index (χ3n) is 2.94. The zero-order valence-electron chi connectivity index (χ0n) is 10.1. The van der Waals surface area contributed by atoms with Crippen molar-refractivity contribution in [2.75, 3.05) is 18.5 Å². The Hall–Kier alpha value is -1.67. The van der Waals surface area contributed by atoms with Crippen molar-refractivity contribution in [2.24, 2.45) is 5.92 Å². The second-order valence-electron chi connectivity index (χ2n) is 4.30. The fourth-order valence-corrected chi connectivity index (χ4v) is 1.89. The normalized spacial score (nSPS) is 24.1. The van der Waals surface area contributed by atoms with Gasteiger partial charge in [0, 0.05) is 18.4 Å². The standard InChI is InChI=1S/C12H16N4O/c1-8-6-14-9(2)15-12(8)16-11-7-17-4-3-10(11)5-13/h6,10-11H,3-4,7H2,1-2H3,(H,14,15,16). The highest BCUT2D eigenvalue weighted by atomic mass is 16.5. The number of nitrogens with one attached hydrogen (secondary N) is 1. The summed E-state index contributed by atoms with van der Waals surface area (Å²) in [5.41, 5.74) is 0.984. The lowest BCUT2D eigenvalue weighted by Crippen LogP contribution is -2.38. The third-order valence-corrected chi connectivity index (χ3v) is 2.94. The summed E-state index contributed by atoms with van der Waals surface area (Å²) in [6.45, 7) is 5.02. The molecule has 1 aromatic rings. The second kappa shape index (κ2) is 5.11. The Bertz CT molecular complexity index is 441. The van der Waals surface area contributed by atoms with Crippen molar-refractivity contribution < 1.29 is 4.74 Å². The van der Waals surface area contributed by atoms with Crippen molar-refractivity contribution >= 4 is 5.82 Å². The Morgan fingerprint density at radius 2 is 2.35 bits per heavy atom. The molecule has 2 rings (SSSR count). The van der Waals surface area contributed by atoms with Crippen molar-refractivity contribution in [3.05, 3.63) is 17.6 Å². The maximum Gasteiger partial charge on any atom is 0.132 e. The van der Waals surface area contributed by atoms with Gasteiger partial charge in [-0.2, -0.15) is 5.26 Å². The van der Waals surface area contributed by atoms with Crippen molar-refractivity contribution in [3.8, 4) is 6.07 Å². The van der Waals surface area contributed by atoms with Crippen molar-refractivity contribution in [2.45, 2.75) is 26.3 Å². The molecule has 1 saturated heterocycles. The van der Waals surface area contributed by atoms with Gasteiger partial charge in [0.1, 0.15) is 11.6 Å². The van der Waals surface area contributed by atoms with E-state index in [1.807, 2.05) is 13.8 Å². The number of anilines is 1. The molecule has 1 aliphatic rings. The highest BCUT2D eigenvalue weighted by molar-refractivity contribution is 5.43.